The van der Waals surface area contributed by atoms with Crippen LogP contribution in [-0.2, 0) is 12.8 Å². The van der Waals surface area contributed by atoms with Gasteiger partial charge in [0.15, 0.2) is 5.78 Å². The Labute approximate surface area is 476 Å². The van der Waals surface area contributed by atoms with E-state index in [9.17, 15) is 23.2 Å². The van der Waals surface area contributed by atoms with Crippen molar-refractivity contribution in [3.05, 3.63) is 238 Å². The maximum atomic E-state index is 13.1. The smallest absolute Gasteiger partial charge is 0.416 e. The quantitative estimate of drug-likeness (QED) is 0.0460. The van der Waals surface area contributed by atoms with Crippen molar-refractivity contribution < 1.29 is 22.7 Å². The Balaban J connectivity index is 0.000000302. The van der Waals surface area contributed by atoms with E-state index in [-0.39, 0.29) is 5.78 Å². The molecule has 0 bridgehead atoms. The van der Waals surface area contributed by atoms with Crippen molar-refractivity contribution in [2.45, 2.75) is 132 Å². The minimum absolute atomic E-state index is 0.0763. The lowest BCUT2D eigenvalue weighted by atomic mass is 9.83. The van der Waals surface area contributed by atoms with Gasteiger partial charge in [-0.15, -0.1) is 5.11 Å². The summed E-state index contributed by atoms with van der Waals surface area (Å²) in [5.74, 6) is 2.72. The summed E-state index contributed by atoms with van der Waals surface area (Å²) in [4.78, 5) is 16.7. The number of hydrogen-bond donors (Lipinski definition) is 0. The SMILES string of the molecule is C=Cc1ccccc1.CCC(C)c1ccc(COc2ccc(C(=O)c3ccc(-c4ccc(-c5ccc(C(F)(F)F)cc5)c(C)c4)cc3)cc2)cc1.CCC(C)c1ccccc1.[C-]#[N+]C(C)(CC(C)C)N=NCC(C)(C#N)CC(C)C. The van der Waals surface area contributed by atoms with Crippen molar-refractivity contribution in [1.82, 2.24) is 0 Å². The lowest BCUT2D eigenvalue weighted by molar-refractivity contribution is -0.137. The summed E-state index contributed by atoms with van der Waals surface area (Å²) in [5, 5.41) is 17.6. The average Bonchev–Trinajstić information content (AvgIpc) is 3.47. The van der Waals surface area contributed by atoms with Gasteiger partial charge in [-0.1, -0.05) is 208 Å². The number of ketones is 1. The second-order valence-corrected chi connectivity index (χ2v) is 21.8. The first-order valence-corrected chi connectivity index (χ1v) is 27.7. The Bertz CT molecular complexity index is 3080. The first-order chi connectivity index (χ1) is 38.1. The van der Waals surface area contributed by atoms with Crippen LogP contribution in [0.5, 0.6) is 5.75 Å². The average molecular weight is 1080 g/mol. The van der Waals surface area contributed by atoms with Crippen LogP contribution in [0.25, 0.3) is 33.2 Å². The zero-order valence-electron chi connectivity index (χ0n) is 48.8. The van der Waals surface area contributed by atoms with Crippen molar-refractivity contribution >= 4 is 11.9 Å². The number of carbonyl (C=O) groups excluding carboxylic acids is 1. The summed E-state index contributed by atoms with van der Waals surface area (Å²) in [6.07, 6.45) is 1.29. The minimum atomic E-state index is -4.36. The topological polar surface area (TPSA) is 79.2 Å². The highest BCUT2D eigenvalue weighted by molar-refractivity contribution is 6.09. The zero-order valence-corrected chi connectivity index (χ0v) is 48.8. The van der Waals surface area contributed by atoms with Crippen molar-refractivity contribution in [2.75, 3.05) is 6.54 Å². The van der Waals surface area contributed by atoms with Gasteiger partial charge in [-0.2, -0.15) is 23.5 Å². The highest BCUT2D eigenvalue weighted by Gasteiger charge is 2.32. The van der Waals surface area contributed by atoms with Gasteiger partial charge in [0.2, 0.25) is 0 Å². The molecule has 0 amide bonds. The summed E-state index contributed by atoms with van der Waals surface area (Å²) >= 11 is 0. The second kappa shape index (κ2) is 31.6. The van der Waals surface area contributed by atoms with Crippen LogP contribution in [0.15, 0.2) is 193 Å². The number of alkyl halides is 3. The Kier molecular flexibility index (Phi) is 25.6. The molecular formula is C71H81F3N4O2. The van der Waals surface area contributed by atoms with Gasteiger partial charge in [-0.3, -0.25) is 9.64 Å². The number of halogens is 3. The van der Waals surface area contributed by atoms with Gasteiger partial charge in [0.1, 0.15) is 12.4 Å². The van der Waals surface area contributed by atoms with Gasteiger partial charge in [-0.25, -0.2) is 6.57 Å². The molecular weight excluding hydrogens is 998 g/mol. The van der Waals surface area contributed by atoms with E-state index in [1.54, 1.807) is 19.1 Å². The number of nitrogens with zero attached hydrogens (tertiary/aromatic N) is 4. The lowest BCUT2D eigenvalue weighted by Gasteiger charge is -2.21. The third-order valence-electron chi connectivity index (χ3n) is 13.8. The molecule has 6 nitrogen and oxygen atoms in total. The van der Waals surface area contributed by atoms with E-state index in [0.29, 0.717) is 60.1 Å². The van der Waals surface area contributed by atoms with Crippen molar-refractivity contribution in [3.8, 4) is 34.1 Å². The van der Waals surface area contributed by atoms with E-state index >= 15 is 0 Å². The molecule has 4 unspecified atom stereocenters. The molecule has 418 valence electrons. The van der Waals surface area contributed by atoms with Gasteiger partial charge in [0, 0.05) is 18.1 Å². The molecule has 0 saturated heterocycles. The molecule has 0 saturated carbocycles. The van der Waals surface area contributed by atoms with Crippen LogP contribution < -0.4 is 4.74 Å². The fourth-order valence-electron chi connectivity index (χ4n) is 8.91. The molecule has 0 aromatic heterocycles. The van der Waals surface area contributed by atoms with Gasteiger partial charge < -0.3 is 4.74 Å². The van der Waals surface area contributed by atoms with Crippen molar-refractivity contribution in [1.29, 1.82) is 5.26 Å². The van der Waals surface area contributed by atoms with Crippen LogP contribution >= 0.6 is 0 Å². The number of hydrogen-bond acceptors (Lipinski definition) is 5. The molecule has 7 rings (SSSR count). The fourth-order valence-corrected chi connectivity index (χ4v) is 8.91. The molecule has 0 aliphatic carbocycles. The number of benzene rings is 7. The number of aryl methyl sites for hydroxylation is 1. The number of ether oxygens (including phenoxy) is 1. The van der Waals surface area contributed by atoms with Crippen LogP contribution in [0.3, 0.4) is 0 Å². The van der Waals surface area contributed by atoms with E-state index in [2.05, 4.69) is 138 Å². The molecule has 0 spiro atoms. The summed E-state index contributed by atoms with van der Waals surface area (Å²) in [6, 6.07) is 57.2. The molecule has 0 N–H and O–H groups in total. The molecule has 0 aliphatic rings. The Hall–Kier alpha value is -7.88. The Morgan fingerprint density at radius 3 is 1.64 bits per heavy atom. The van der Waals surface area contributed by atoms with Crippen LogP contribution in [0.2, 0.25) is 0 Å². The van der Waals surface area contributed by atoms with Gasteiger partial charge in [0.05, 0.1) is 30.0 Å². The molecule has 80 heavy (non-hydrogen) atoms. The molecule has 0 heterocycles. The standard InChI is InChI=1S/C38H33F3O2.C15H26N4.C10H14.C8H8/c1-4-25(2)28-7-5-27(6-8-28)24-43-35-20-15-32(16-21-35)37(42)31-11-9-29(10-12-31)33-17-22-36(26(3)23-33)30-13-18-34(19-14-30)38(39,40)41;1-12(2)8-14(5,10-16)11-18-19-15(6,17-7)9-13(3)4;1-3-9(2)10-7-5-4-6-8-10;1-2-8-6-4-3-5-7-8/h5-23,25H,4,24H2,1-3H3;12-13H,8-9,11H2,1-6H3;4-9H,3H2,1-2H3;2-7H,1H2. The van der Waals surface area contributed by atoms with E-state index in [1.807, 2.05) is 105 Å². The van der Waals surface area contributed by atoms with Crippen molar-refractivity contribution in [3.63, 3.8) is 0 Å². The maximum Gasteiger partial charge on any atom is 0.416 e. The van der Waals surface area contributed by atoms with Gasteiger partial charge in [-0.05, 0) is 143 Å². The highest BCUT2D eigenvalue weighted by Crippen LogP contribution is 2.34. The molecule has 4 atom stereocenters. The largest absolute Gasteiger partial charge is 0.489 e. The summed E-state index contributed by atoms with van der Waals surface area (Å²) in [6.45, 7) is 34.6. The van der Waals surface area contributed by atoms with Crippen LogP contribution in [-0.4, -0.2) is 18.0 Å². The molecule has 9 heteroatoms. The predicted molar refractivity (Wildman–Crippen MR) is 325 cm³/mol. The van der Waals surface area contributed by atoms with E-state index in [0.717, 1.165) is 58.4 Å². The Morgan fingerprint density at radius 1 is 0.675 bits per heavy atom. The molecule has 0 radical (unpaired) electrons. The minimum Gasteiger partial charge on any atom is -0.489 e. The van der Waals surface area contributed by atoms with Gasteiger partial charge >= 0.3 is 11.8 Å². The first-order valence-electron chi connectivity index (χ1n) is 27.7. The predicted octanol–water partition coefficient (Wildman–Crippen LogP) is 20.9. The lowest BCUT2D eigenvalue weighted by Crippen LogP contribution is -2.22. The molecule has 7 aromatic carbocycles. The second-order valence-electron chi connectivity index (χ2n) is 21.8. The van der Waals surface area contributed by atoms with E-state index in [1.165, 1.54) is 35.2 Å². The van der Waals surface area contributed by atoms with Crippen LogP contribution in [0.4, 0.5) is 13.2 Å². The normalized spacial score (nSPS) is 13.3. The maximum absolute atomic E-state index is 13.1. The zero-order chi connectivity index (χ0) is 58.9. The third kappa shape index (κ3) is 21.1. The first kappa shape index (κ1) is 64.6. The fraction of sp³-hybridized carbons (Fsp3) is 0.338. The number of carbonyl (C=O) groups is 1. The highest BCUT2D eigenvalue weighted by atomic mass is 19.4. The summed E-state index contributed by atoms with van der Waals surface area (Å²) in [5.41, 5.74) is 8.71. The monoisotopic (exact) mass is 1080 g/mol. The molecule has 0 fully saturated rings. The number of nitriles is 1. The Morgan fingerprint density at radius 2 is 1.18 bits per heavy atom. The van der Waals surface area contributed by atoms with E-state index in [4.69, 9.17) is 11.3 Å². The third-order valence-corrected chi connectivity index (χ3v) is 13.8. The molecule has 7 aromatic rings. The summed E-state index contributed by atoms with van der Waals surface area (Å²) < 4.78 is 44.7. The molecule has 0 aliphatic heterocycles. The van der Waals surface area contributed by atoms with Crippen LogP contribution in [0, 0.1) is 42.1 Å². The number of rotatable bonds is 19. The summed E-state index contributed by atoms with van der Waals surface area (Å²) in [7, 11) is 0. The van der Waals surface area contributed by atoms with Gasteiger partial charge in [0.25, 0.3) is 0 Å². The van der Waals surface area contributed by atoms with Crippen LogP contribution in [0.1, 0.15) is 156 Å². The number of azo groups is 1. The van der Waals surface area contributed by atoms with Crippen molar-refractivity contribution in [2.24, 2.45) is 27.5 Å². The van der Waals surface area contributed by atoms with E-state index < -0.39 is 22.8 Å².